The Kier molecular flexibility index (Phi) is 9.01. The molecule has 0 radical (unpaired) electrons. The summed E-state index contributed by atoms with van der Waals surface area (Å²) in [5.74, 6) is 1.63. The van der Waals surface area contributed by atoms with Gasteiger partial charge in [-0.3, -0.25) is 9.69 Å². The molecule has 0 atom stereocenters. The second kappa shape index (κ2) is 12.6. The number of amides is 1. The van der Waals surface area contributed by atoms with Gasteiger partial charge in [-0.1, -0.05) is 73.7 Å². The summed E-state index contributed by atoms with van der Waals surface area (Å²) in [6.45, 7) is 5.57. The number of rotatable bonds is 10. The number of hydrogen-bond acceptors (Lipinski definition) is 4. The molecule has 190 valence electrons. The van der Waals surface area contributed by atoms with Gasteiger partial charge >= 0.3 is 0 Å². The number of methoxy groups -OCH3 is 2. The number of piperidine rings is 1. The molecule has 1 heterocycles. The Morgan fingerprint density at radius 1 is 0.861 bits per heavy atom. The number of likely N-dealkylation sites (tertiary alicyclic amines) is 1. The monoisotopic (exact) mass is 486 g/mol. The normalized spacial score (nSPS) is 14.6. The van der Waals surface area contributed by atoms with E-state index in [4.69, 9.17) is 9.47 Å². The molecule has 0 N–H and O–H groups in total. The van der Waals surface area contributed by atoms with Crippen LogP contribution in [0.15, 0.2) is 78.9 Å². The molecule has 1 aliphatic rings. The number of carbonyl (C=O) groups is 1. The van der Waals surface area contributed by atoms with Crippen LogP contribution in [0.1, 0.15) is 48.8 Å². The van der Waals surface area contributed by atoms with Gasteiger partial charge in [0.05, 0.1) is 25.7 Å². The highest BCUT2D eigenvalue weighted by Gasteiger charge is 2.33. The molecule has 3 aromatic rings. The van der Waals surface area contributed by atoms with Gasteiger partial charge in [0.1, 0.15) is 11.5 Å². The highest BCUT2D eigenvalue weighted by atomic mass is 16.5. The minimum absolute atomic E-state index is 0.207. The quantitative estimate of drug-likeness (QED) is 0.367. The second-order valence-electron chi connectivity index (χ2n) is 9.43. The standard InChI is InChI=1S/C31H38N2O3/c1-4-20-33(31(34)30(24-12-7-5-8-13-24)25-14-9-6-10-15-25)26-18-21-32(22-19-26)23-27-28(35-2)16-11-17-29(27)36-3/h5-17,26,30H,4,18-23H2,1-3H3. The zero-order chi connectivity index (χ0) is 25.3. The maximum Gasteiger partial charge on any atom is 0.234 e. The average molecular weight is 487 g/mol. The molecule has 0 bridgehead atoms. The fraction of sp³-hybridized carbons (Fsp3) is 0.387. The third kappa shape index (κ3) is 5.90. The van der Waals surface area contributed by atoms with Crippen molar-refractivity contribution in [3.8, 4) is 11.5 Å². The van der Waals surface area contributed by atoms with Gasteiger partial charge in [-0.2, -0.15) is 0 Å². The van der Waals surface area contributed by atoms with Crippen molar-refractivity contribution >= 4 is 5.91 Å². The number of hydrogen-bond donors (Lipinski definition) is 0. The number of nitrogens with zero attached hydrogens (tertiary/aromatic N) is 2. The van der Waals surface area contributed by atoms with Crippen LogP contribution in [0, 0.1) is 0 Å². The summed E-state index contributed by atoms with van der Waals surface area (Å²) in [7, 11) is 3.41. The molecule has 5 nitrogen and oxygen atoms in total. The highest BCUT2D eigenvalue weighted by molar-refractivity contribution is 5.87. The fourth-order valence-corrected chi connectivity index (χ4v) is 5.34. The lowest BCUT2D eigenvalue weighted by Gasteiger charge is -2.40. The summed E-state index contributed by atoms with van der Waals surface area (Å²) < 4.78 is 11.2. The van der Waals surface area contributed by atoms with Gasteiger partial charge in [0.15, 0.2) is 0 Å². The summed E-state index contributed by atoms with van der Waals surface area (Å²) >= 11 is 0. The molecule has 0 saturated carbocycles. The van der Waals surface area contributed by atoms with Gasteiger partial charge in [-0.25, -0.2) is 0 Å². The number of carbonyl (C=O) groups excluding carboxylic acids is 1. The van der Waals surface area contributed by atoms with Gasteiger partial charge in [-0.05, 0) is 42.5 Å². The van der Waals surface area contributed by atoms with Crippen LogP contribution >= 0.6 is 0 Å². The minimum atomic E-state index is -0.283. The van der Waals surface area contributed by atoms with Crippen molar-refractivity contribution in [1.82, 2.24) is 9.80 Å². The predicted octanol–water partition coefficient (Wildman–Crippen LogP) is 5.74. The van der Waals surface area contributed by atoms with Gasteiger partial charge in [0, 0.05) is 32.2 Å². The summed E-state index contributed by atoms with van der Waals surface area (Å²) in [6, 6.07) is 26.6. The van der Waals surface area contributed by atoms with Gasteiger partial charge in [0.2, 0.25) is 5.91 Å². The molecular formula is C31H38N2O3. The van der Waals surface area contributed by atoms with Crippen LogP contribution in [0.5, 0.6) is 11.5 Å². The first-order valence-electron chi connectivity index (χ1n) is 13.0. The third-order valence-electron chi connectivity index (χ3n) is 7.17. The number of benzene rings is 3. The van der Waals surface area contributed by atoms with Gasteiger partial charge in [-0.15, -0.1) is 0 Å². The number of ether oxygens (including phenoxy) is 2. The fourth-order valence-electron chi connectivity index (χ4n) is 5.34. The van der Waals surface area contributed by atoms with Crippen LogP contribution in [0.3, 0.4) is 0 Å². The molecule has 0 aliphatic carbocycles. The maximum atomic E-state index is 14.2. The van der Waals surface area contributed by atoms with E-state index >= 15 is 0 Å². The SMILES string of the molecule is CCCN(C(=O)C(c1ccccc1)c1ccccc1)C1CCN(Cc2c(OC)cccc2OC)CC1. The molecule has 0 spiro atoms. The Hall–Kier alpha value is -3.31. The van der Waals surface area contributed by atoms with Crippen molar-refractivity contribution in [3.05, 3.63) is 95.6 Å². The maximum absolute atomic E-state index is 14.2. The van der Waals surface area contributed by atoms with Crippen LogP contribution in [0.4, 0.5) is 0 Å². The van der Waals surface area contributed by atoms with Crippen LogP contribution in [0.2, 0.25) is 0 Å². The first kappa shape index (κ1) is 25.8. The van der Waals surface area contributed by atoms with Crippen molar-refractivity contribution < 1.29 is 14.3 Å². The van der Waals surface area contributed by atoms with Crippen molar-refractivity contribution in [1.29, 1.82) is 0 Å². The zero-order valence-electron chi connectivity index (χ0n) is 21.7. The Labute approximate surface area is 215 Å². The van der Waals surface area contributed by atoms with E-state index in [9.17, 15) is 4.79 Å². The van der Waals surface area contributed by atoms with E-state index in [1.165, 1.54) is 0 Å². The molecule has 4 rings (SSSR count). The van der Waals surface area contributed by atoms with Crippen molar-refractivity contribution in [2.45, 2.75) is 44.7 Å². The molecule has 1 amide bonds. The van der Waals surface area contributed by atoms with E-state index in [-0.39, 0.29) is 17.9 Å². The topological polar surface area (TPSA) is 42.0 Å². The van der Waals surface area contributed by atoms with E-state index < -0.39 is 0 Å². The first-order valence-corrected chi connectivity index (χ1v) is 13.0. The Morgan fingerprint density at radius 3 is 1.86 bits per heavy atom. The van der Waals surface area contributed by atoms with Crippen molar-refractivity contribution in [3.63, 3.8) is 0 Å². The molecular weight excluding hydrogens is 448 g/mol. The Bertz CT molecular complexity index is 1030. The summed E-state index contributed by atoms with van der Waals surface area (Å²) in [6.07, 6.45) is 2.86. The lowest BCUT2D eigenvalue weighted by Crippen LogP contribution is -2.49. The van der Waals surface area contributed by atoms with Crippen LogP contribution in [-0.4, -0.2) is 55.6 Å². The first-order chi connectivity index (χ1) is 17.7. The molecule has 36 heavy (non-hydrogen) atoms. The molecule has 5 heteroatoms. The summed E-state index contributed by atoms with van der Waals surface area (Å²) in [4.78, 5) is 18.8. The van der Waals surface area contributed by atoms with Gasteiger partial charge < -0.3 is 14.4 Å². The van der Waals surface area contributed by atoms with Crippen LogP contribution in [-0.2, 0) is 11.3 Å². The summed E-state index contributed by atoms with van der Waals surface area (Å²) in [5, 5.41) is 0. The van der Waals surface area contributed by atoms with E-state index in [2.05, 4.69) is 41.0 Å². The molecule has 1 fully saturated rings. The predicted molar refractivity (Wildman–Crippen MR) is 145 cm³/mol. The summed E-state index contributed by atoms with van der Waals surface area (Å²) in [5.41, 5.74) is 3.18. The van der Waals surface area contributed by atoms with Crippen molar-refractivity contribution in [2.24, 2.45) is 0 Å². The van der Waals surface area contributed by atoms with E-state index in [1.54, 1.807) is 14.2 Å². The van der Waals surface area contributed by atoms with E-state index in [0.717, 1.165) is 73.6 Å². The molecule has 0 aromatic heterocycles. The largest absolute Gasteiger partial charge is 0.496 e. The van der Waals surface area contributed by atoms with Crippen molar-refractivity contribution in [2.75, 3.05) is 33.9 Å². The second-order valence-corrected chi connectivity index (χ2v) is 9.43. The third-order valence-corrected chi connectivity index (χ3v) is 7.17. The van der Waals surface area contributed by atoms with Crippen LogP contribution < -0.4 is 9.47 Å². The highest BCUT2D eigenvalue weighted by Crippen LogP contribution is 2.32. The van der Waals surface area contributed by atoms with E-state index in [1.807, 2.05) is 54.6 Å². The average Bonchev–Trinajstić information content (AvgIpc) is 2.93. The molecule has 1 saturated heterocycles. The van der Waals surface area contributed by atoms with Crippen LogP contribution in [0.25, 0.3) is 0 Å². The smallest absolute Gasteiger partial charge is 0.234 e. The van der Waals surface area contributed by atoms with Gasteiger partial charge in [0.25, 0.3) is 0 Å². The Balaban J connectivity index is 1.50. The molecule has 1 aliphatic heterocycles. The molecule has 0 unspecified atom stereocenters. The molecule has 3 aromatic carbocycles. The van der Waals surface area contributed by atoms with E-state index in [0.29, 0.717) is 0 Å². The zero-order valence-corrected chi connectivity index (χ0v) is 21.7. The lowest BCUT2D eigenvalue weighted by atomic mass is 9.88. The minimum Gasteiger partial charge on any atom is -0.496 e. The lowest BCUT2D eigenvalue weighted by molar-refractivity contribution is -0.135. The Morgan fingerprint density at radius 2 is 1.39 bits per heavy atom.